The van der Waals surface area contributed by atoms with Gasteiger partial charge in [0.2, 0.25) is 5.91 Å². The first-order chi connectivity index (χ1) is 10.6. The Morgan fingerprint density at radius 3 is 2.82 bits per heavy atom. The van der Waals surface area contributed by atoms with Crippen LogP contribution >= 0.6 is 11.3 Å². The molecule has 7 heteroatoms. The van der Waals surface area contributed by atoms with E-state index in [9.17, 15) is 14.9 Å². The Labute approximate surface area is 129 Å². The minimum absolute atomic E-state index is 0.104. The molecule has 1 amide bonds. The number of thiophene rings is 1. The molecule has 3 aromatic rings. The third kappa shape index (κ3) is 2.53. The molecule has 2 aromatic heterocycles. The average molecular weight is 313 g/mol. The van der Waals surface area contributed by atoms with Gasteiger partial charge in [0.15, 0.2) is 0 Å². The highest BCUT2D eigenvalue weighted by atomic mass is 32.1. The van der Waals surface area contributed by atoms with Crippen LogP contribution in [0.25, 0.3) is 10.1 Å². The molecule has 0 unspecified atom stereocenters. The van der Waals surface area contributed by atoms with Gasteiger partial charge in [-0.15, -0.1) is 11.3 Å². The first kappa shape index (κ1) is 14.2. The lowest BCUT2D eigenvalue weighted by Gasteiger charge is -2.20. The molecule has 0 aliphatic carbocycles. The predicted molar refractivity (Wildman–Crippen MR) is 85.5 cm³/mol. The van der Waals surface area contributed by atoms with Gasteiger partial charge in [0, 0.05) is 23.9 Å². The van der Waals surface area contributed by atoms with Crippen molar-refractivity contribution in [3.63, 3.8) is 0 Å². The Kier molecular flexibility index (Phi) is 3.56. The van der Waals surface area contributed by atoms with Gasteiger partial charge in [-0.3, -0.25) is 19.8 Å². The second-order valence-corrected chi connectivity index (χ2v) is 5.57. The molecular formula is C15H11N3O3S. The maximum Gasteiger partial charge on any atom is 0.274 e. The molecule has 0 saturated heterocycles. The van der Waals surface area contributed by atoms with Gasteiger partial charge in [0.1, 0.15) is 5.82 Å². The van der Waals surface area contributed by atoms with Crippen LogP contribution in [-0.2, 0) is 4.79 Å². The van der Waals surface area contributed by atoms with Gasteiger partial charge in [0.05, 0.1) is 16.7 Å². The van der Waals surface area contributed by atoms with Crippen molar-refractivity contribution in [2.75, 3.05) is 4.90 Å². The number of amides is 1. The van der Waals surface area contributed by atoms with Crippen LogP contribution < -0.4 is 4.90 Å². The molecule has 0 spiro atoms. The highest BCUT2D eigenvalue weighted by Gasteiger charge is 2.18. The van der Waals surface area contributed by atoms with Crippen LogP contribution in [0, 0.1) is 10.1 Å². The summed E-state index contributed by atoms with van der Waals surface area (Å²) in [6.45, 7) is 1.40. The summed E-state index contributed by atoms with van der Waals surface area (Å²) in [4.78, 5) is 27.9. The normalized spacial score (nSPS) is 10.6. The van der Waals surface area contributed by atoms with E-state index in [2.05, 4.69) is 4.98 Å². The summed E-state index contributed by atoms with van der Waals surface area (Å²) in [5.74, 6) is -0.0288. The van der Waals surface area contributed by atoms with Crippen molar-refractivity contribution in [3.8, 4) is 0 Å². The lowest BCUT2D eigenvalue weighted by molar-refractivity contribution is -0.384. The first-order valence-corrected chi connectivity index (χ1v) is 7.32. The lowest BCUT2D eigenvalue weighted by Crippen LogP contribution is -2.23. The number of carbonyl (C=O) groups is 1. The van der Waals surface area contributed by atoms with Crippen molar-refractivity contribution in [1.29, 1.82) is 0 Å². The third-order valence-corrected chi connectivity index (χ3v) is 4.08. The van der Waals surface area contributed by atoms with Crippen molar-refractivity contribution < 1.29 is 9.72 Å². The smallest absolute Gasteiger partial charge is 0.274 e. The molecule has 110 valence electrons. The summed E-state index contributed by atoms with van der Waals surface area (Å²) in [5, 5.41) is 13.9. The van der Waals surface area contributed by atoms with Crippen molar-refractivity contribution in [1.82, 2.24) is 4.98 Å². The zero-order chi connectivity index (χ0) is 15.7. The van der Waals surface area contributed by atoms with Gasteiger partial charge in [-0.2, -0.15) is 0 Å². The number of pyridine rings is 1. The molecule has 0 fully saturated rings. The maximum absolute atomic E-state index is 12.0. The second-order valence-electron chi connectivity index (χ2n) is 4.63. The minimum Gasteiger partial charge on any atom is -0.274 e. The molecule has 0 bridgehead atoms. The van der Waals surface area contributed by atoms with E-state index in [1.54, 1.807) is 17.4 Å². The van der Waals surface area contributed by atoms with E-state index in [0.29, 0.717) is 5.69 Å². The van der Waals surface area contributed by atoms with Crippen LogP contribution in [0.15, 0.2) is 48.0 Å². The molecule has 1 aromatic carbocycles. The fraction of sp³-hybridized carbons (Fsp3) is 0.0667. The van der Waals surface area contributed by atoms with Crippen molar-refractivity contribution in [3.05, 3.63) is 58.1 Å². The van der Waals surface area contributed by atoms with E-state index in [4.69, 9.17) is 0 Å². The Bertz CT molecular complexity index is 875. The number of rotatable bonds is 3. The largest absolute Gasteiger partial charge is 0.274 e. The summed E-state index contributed by atoms with van der Waals surface area (Å²) in [6, 6.07) is 10.1. The van der Waals surface area contributed by atoms with Gasteiger partial charge < -0.3 is 0 Å². The van der Waals surface area contributed by atoms with Crippen molar-refractivity contribution in [2.24, 2.45) is 0 Å². The van der Waals surface area contributed by atoms with Gasteiger partial charge in [-0.1, -0.05) is 0 Å². The van der Waals surface area contributed by atoms with Crippen LogP contribution in [0.2, 0.25) is 0 Å². The average Bonchev–Trinajstić information content (AvgIpc) is 2.95. The third-order valence-electron chi connectivity index (χ3n) is 3.18. The fourth-order valence-electron chi connectivity index (χ4n) is 2.21. The van der Waals surface area contributed by atoms with Gasteiger partial charge >= 0.3 is 0 Å². The van der Waals surface area contributed by atoms with Crippen LogP contribution in [0.5, 0.6) is 0 Å². The number of nitro groups is 1. The Balaban J connectivity index is 2.11. The first-order valence-electron chi connectivity index (χ1n) is 6.44. The summed E-state index contributed by atoms with van der Waals surface area (Å²) in [7, 11) is 0. The monoisotopic (exact) mass is 313 g/mol. The molecule has 0 aliphatic rings. The standard InChI is InChI=1S/C15H11N3O3S/c1-10(19)17(15-9-13(18(20)21)4-6-16-15)12-2-3-14-11(8-12)5-7-22-14/h2-9H,1H3. The fourth-order valence-corrected chi connectivity index (χ4v) is 2.98. The van der Waals surface area contributed by atoms with Crippen LogP contribution in [0.3, 0.4) is 0 Å². The highest BCUT2D eigenvalue weighted by molar-refractivity contribution is 7.17. The van der Waals surface area contributed by atoms with Crippen LogP contribution in [-0.4, -0.2) is 15.8 Å². The van der Waals surface area contributed by atoms with Crippen LogP contribution in [0.4, 0.5) is 17.2 Å². The van der Waals surface area contributed by atoms with Gasteiger partial charge in [-0.25, -0.2) is 4.98 Å². The zero-order valence-corrected chi connectivity index (χ0v) is 12.4. The van der Waals surface area contributed by atoms with E-state index in [1.165, 1.54) is 30.2 Å². The van der Waals surface area contributed by atoms with E-state index < -0.39 is 4.92 Å². The summed E-state index contributed by atoms with van der Waals surface area (Å²) < 4.78 is 1.11. The topological polar surface area (TPSA) is 76.3 Å². The molecule has 2 heterocycles. The quantitative estimate of drug-likeness (QED) is 0.543. The Morgan fingerprint density at radius 1 is 1.27 bits per heavy atom. The molecule has 0 N–H and O–H groups in total. The molecule has 0 saturated carbocycles. The zero-order valence-electron chi connectivity index (χ0n) is 11.6. The van der Waals surface area contributed by atoms with E-state index >= 15 is 0 Å². The summed E-state index contributed by atoms with van der Waals surface area (Å²) in [5.41, 5.74) is 0.527. The van der Waals surface area contributed by atoms with Crippen molar-refractivity contribution in [2.45, 2.75) is 6.92 Å². The number of aromatic nitrogens is 1. The number of anilines is 2. The predicted octanol–water partition coefficient (Wildman–Crippen LogP) is 3.89. The number of fused-ring (bicyclic) bond motifs is 1. The van der Waals surface area contributed by atoms with Crippen LogP contribution in [0.1, 0.15) is 6.92 Å². The molecule has 0 aliphatic heterocycles. The molecular weight excluding hydrogens is 302 g/mol. The number of carbonyl (C=O) groups excluding carboxylic acids is 1. The second kappa shape index (κ2) is 5.53. The molecule has 0 radical (unpaired) electrons. The number of nitrogens with zero attached hydrogens (tertiary/aromatic N) is 3. The number of benzene rings is 1. The highest BCUT2D eigenvalue weighted by Crippen LogP contribution is 2.31. The summed E-state index contributed by atoms with van der Waals surface area (Å²) >= 11 is 1.61. The molecule has 6 nitrogen and oxygen atoms in total. The maximum atomic E-state index is 12.0. The van der Waals surface area contributed by atoms with Crippen molar-refractivity contribution >= 4 is 44.5 Å². The summed E-state index contributed by atoms with van der Waals surface area (Å²) in [6.07, 6.45) is 1.33. The molecule has 3 rings (SSSR count). The van der Waals surface area contributed by atoms with E-state index in [0.717, 1.165) is 10.1 Å². The Morgan fingerprint density at radius 2 is 2.09 bits per heavy atom. The van der Waals surface area contributed by atoms with Gasteiger partial charge in [0.25, 0.3) is 5.69 Å². The van der Waals surface area contributed by atoms with E-state index in [1.807, 2.05) is 23.6 Å². The van der Waals surface area contributed by atoms with Gasteiger partial charge in [-0.05, 0) is 35.0 Å². The van der Waals surface area contributed by atoms with E-state index in [-0.39, 0.29) is 17.4 Å². The molecule has 22 heavy (non-hydrogen) atoms. The number of hydrogen-bond acceptors (Lipinski definition) is 5. The molecule has 0 atom stereocenters. The minimum atomic E-state index is -0.508. The number of hydrogen-bond donors (Lipinski definition) is 0. The SMILES string of the molecule is CC(=O)N(c1ccc2sccc2c1)c1cc([N+](=O)[O-])ccn1. The Hall–Kier alpha value is -2.80. The lowest BCUT2D eigenvalue weighted by atomic mass is 10.2.